The lowest BCUT2D eigenvalue weighted by molar-refractivity contribution is 0.438. The average molecular weight is 163 g/mol. The fourth-order valence-electron chi connectivity index (χ4n) is 1.25. The lowest BCUT2D eigenvalue weighted by Gasteiger charge is -2.17. The predicted molar refractivity (Wildman–Crippen MR) is 49.9 cm³/mol. The van der Waals surface area contributed by atoms with E-state index >= 15 is 0 Å². The molecule has 0 N–H and O–H groups in total. The fourth-order valence-corrected chi connectivity index (χ4v) is 1.54. The highest BCUT2D eigenvalue weighted by atomic mass is 32.1. The van der Waals surface area contributed by atoms with Crippen LogP contribution in [0.5, 0.6) is 0 Å². The minimum Gasteiger partial charge on any atom is -0.354 e. The molecular weight excluding hydrogens is 154 g/mol. The van der Waals surface area contributed by atoms with E-state index in [0.717, 1.165) is 11.4 Å². The summed E-state index contributed by atoms with van der Waals surface area (Å²) in [5.74, 6) is 5.40. The highest BCUT2D eigenvalue weighted by molar-refractivity contribution is 7.80. The number of hydrogen-bond acceptors (Lipinski definition) is 1. The number of nitrogens with zero attached hydrogens (tertiary/aromatic N) is 1. The van der Waals surface area contributed by atoms with Crippen LogP contribution in [0.25, 0.3) is 0 Å². The highest BCUT2D eigenvalue weighted by Gasteiger charge is 2.31. The molecular formula is C9H9NS. The summed E-state index contributed by atoms with van der Waals surface area (Å²) in [5.41, 5.74) is 0. The zero-order chi connectivity index (χ0) is 8.43. The van der Waals surface area contributed by atoms with Crippen LogP contribution < -0.4 is 0 Å². The summed E-state index contributed by atoms with van der Waals surface area (Å²) in [4.78, 5) is 2.77. The van der Waals surface area contributed by atoms with E-state index in [4.69, 9.17) is 25.1 Å². The molecule has 0 aliphatic carbocycles. The maximum absolute atomic E-state index is 5.31. The van der Waals surface area contributed by atoms with Gasteiger partial charge in [-0.2, -0.15) is 0 Å². The molecule has 1 fully saturated rings. The lowest BCUT2D eigenvalue weighted by Crippen LogP contribution is -2.28. The molecule has 1 heterocycles. The van der Waals surface area contributed by atoms with Crippen LogP contribution in [-0.4, -0.2) is 23.0 Å². The average Bonchev–Trinajstić information content (AvgIpc) is 2.28. The fraction of sp³-hybridized carbons (Fsp3) is 0.444. The second-order valence-corrected chi connectivity index (χ2v) is 3.06. The van der Waals surface area contributed by atoms with Crippen molar-refractivity contribution in [2.45, 2.75) is 12.5 Å². The molecule has 1 rings (SSSR count). The van der Waals surface area contributed by atoms with Gasteiger partial charge in [0, 0.05) is 13.5 Å². The highest BCUT2D eigenvalue weighted by Crippen LogP contribution is 2.23. The number of rotatable bonds is 0. The van der Waals surface area contributed by atoms with Crippen molar-refractivity contribution >= 4 is 17.2 Å². The molecule has 56 valence electrons. The van der Waals surface area contributed by atoms with E-state index in [1.54, 1.807) is 0 Å². The summed E-state index contributed by atoms with van der Waals surface area (Å²) < 4.78 is 0. The maximum Gasteiger partial charge on any atom is 0.104 e. The summed E-state index contributed by atoms with van der Waals surface area (Å²) in [6, 6.07) is 0.00694. The Morgan fingerprint density at radius 1 is 1.55 bits per heavy atom. The van der Waals surface area contributed by atoms with E-state index < -0.39 is 0 Å². The van der Waals surface area contributed by atoms with E-state index in [0.29, 0.717) is 0 Å². The van der Waals surface area contributed by atoms with Gasteiger partial charge in [0.05, 0.1) is 10.9 Å². The molecule has 0 spiro atoms. The van der Waals surface area contributed by atoms with Crippen LogP contribution in [0, 0.1) is 30.6 Å². The molecule has 1 nitrogen and oxygen atoms in total. The minimum atomic E-state index is 0.00694. The first-order valence-electron chi connectivity index (χ1n) is 3.38. The number of thiocarbonyl (C=S) groups is 1. The molecule has 2 atom stereocenters. The molecule has 1 aliphatic rings. The van der Waals surface area contributed by atoms with Gasteiger partial charge in [-0.25, -0.2) is 0 Å². The van der Waals surface area contributed by atoms with Crippen molar-refractivity contribution in [3.05, 3.63) is 0 Å². The van der Waals surface area contributed by atoms with E-state index in [2.05, 4.69) is 11.8 Å². The van der Waals surface area contributed by atoms with Crippen LogP contribution in [-0.2, 0) is 0 Å². The summed E-state index contributed by atoms with van der Waals surface area (Å²) in [6.45, 7) is 0. The molecule has 1 saturated heterocycles. The van der Waals surface area contributed by atoms with Crippen molar-refractivity contribution in [2.75, 3.05) is 7.05 Å². The van der Waals surface area contributed by atoms with E-state index in [9.17, 15) is 0 Å². The summed E-state index contributed by atoms with van der Waals surface area (Å²) in [6.07, 6.45) is 11.4. The summed E-state index contributed by atoms with van der Waals surface area (Å²) in [7, 11) is 1.89. The molecule has 0 aromatic rings. The molecule has 2 heteroatoms. The van der Waals surface area contributed by atoms with E-state index in [1.807, 2.05) is 11.9 Å². The minimum absolute atomic E-state index is 0.00694. The standard InChI is InChI=1S/C9H9NS/c1-4-7-6-9(11)10(3)8(7)5-2/h1-2,7-8H,6H2,3H3. The van der Waals surface area contributed by atoms with Gasteiger partial charge in [-0.1, -0.05) is 24.1 Å². The normalized spacial score (nSPS) is 29.7. The molecule has 0 saturated carbocycles. The number of likely N-dealkylation sites (tertiary alicyclic amines) is 1. The first-order valence-corrected chi connectivity index (χ1v) is 3.79. The molecule has 0 aromatic carbocycles. The second kappa shape index (κ2) is 2.95. The Balaban J connectivity index is 2.85. The Hall–Kier alpha value is -0.990. The van der Waals surface area contributed by atoms with Crippen LogP contribution in [0.1, 0.15) is 6.42 Å². The number of hydrogen-bond donors (Lipinski definition) is 0. The van der Waals surface area contributed by atoms with Crippen LogP contribution in [0.3, 0.4) is 0 Å². The van der Waals surface area contributed by atoms with Crippen molar-refractivity contribution in [1.29, 1.82) is 0 Å². The molecule has 2 unspecified atom stereocenters. The van der Waals surface area contributed by atoms with Gasteiger partial charge < -0.3 is 4.90 Å². The SMILES string of the molecule is C#CC1CC(=S)N(C)C1C#C. The topological polar surface area (TPSA) is 3.24 Å². The first-order chi connectivity index (χ1) is 5.20. The zero-order valence-electron chi connectivity index (χ0n) is 6.37. The first kappa shape index (κ1) is 8.11. The Kier molecular flexibility index (Phi) is 2.17. The van der Waals surface area contributed by atoms with Gasteiger partial charge in [0.15, 0.2) is 0 Å². The second-order valence-electron chi connectivity index (χ2n) is 2.59. The molecule has 0 bridgehead atoms. The Labute approximate surface area is 72.8 Å². The quantitative estimate of drug-likeness (QED) is 0.385. The van der Waals surface area contributed by atoms with Crippen LogP contribution in [0.15, 0.2) is 0 Å². The van der Waals surface area contributed by atoms with E-state index in [1.165, 1.54) is 0 Å². The van der Waals surface area contributed by atoms with Gasteiger partial charge in [-0.3, -0.25) is 0 Å². The van der Waals surface area contributed by atoms with Crippen molar-refractivity contribution in [2.24, 2.45) is 5.92 Å². The molecule has 11 heavy (non-hydrogen) atoms. The molecule has 0 amide bonds. The monoisotopic (exact) mass is 163 g/mol. The Morgan fingerprint density at radius 2 is 2.18 bits per heavy atom. The van der Waals surface area contributed by atoms with Crippen LogP contribution >= 0.6 is 12.2 Å². The third-order valence-corrected chi connectivity index (χ3v) is 2.43. The third kappa shape index (κ3) is 1.23. The summed E-state index contributed by atoms with van der Waals surface area (Å²) >= 11 is 5.06. The van der Waals surface area contributed by atoms with Gasteiger partial charge in [-0.05, 0) is 0 Å². The maximum atomic E-state index is 5.31. The van der Waals surface area contributed by atoms with Crippen LogP contribution in [0.2, 0.25) is 0 Å². The predicted octanol–water partition coefficient (Wildman–Crippen LogP) is 0.900. The molecule has 0 radical (unpaired) electrons. The smallest absolute Gasteiger partial charge is 0.104 e. The van der Waals surface area contributed by atoms with Crippen molar-refractivity contribution in [3.8, 4) is 24.7 Å². The van der Waals surface area contributed by atoms with Crippen LogP contribution in [0.4, 0.5) is 0 Å². The lowest BCUT2D eigenvalue weighted by atomic mass is 10.0. The molecule has 0 aromatic heterocycles. The molecule has 1 aliphatic heterocycles. The summed E-state index contributed by atoms with van der Waals surface area (Å²) in [5, 5.41) is 0. The van der Waals surface area contributed by atoms with Gasteiger partial charge in [0.25, 0.3) is 0 Å². The van der Waals surface area contributed by atoms with Gasteiger partial charge in [-0.15, -0.1) is 12.8 Å². The zero-order valence-corrected chi connectivity index (χ0v) is 7.19. The third-order valence-electron chi connectivity index (χ3n) is 1.97. The largest absolute Gasteiger partial charge is 0.354 e. The van der Waals surface area contributed by atoms with Crippen molar-refractivity contribution in [3.63, 3.8) is 0 Å². The van der Waals surface area contributed by atoms with Crippen molar-refractivity contribution in [1.82, 2.24) is 4.90 Å². The number of terminal acetylenes is 2. The van der Waals surface area contributed by atoms with Gasteiger partial charge >= 0.3 is 0 Å². The van der Waals surface area contributed by atoms with Gasteiger partial charge in [0.2, 0.25) is 0 Å². The Morgan fingerprint density at radius 3 is 2.55 bits per heavy atom. The van der Waals surface area contributed by atoms with Gasteiger partial charge in [0.1, 0.15) is 6.04 Å². The van der Waals surface area contributed by atoms with E-state index in [-0.39, 0.29) is 12.0 Å². The Bertz CT molecular complexity index is 256. The van der Waals surface area contributed by atoms with Crippen molar-refractivity contribution < 1.29 is 0 Å².